The molecule has 10 aromatic rings. The molecule has 1 aliphatic rings. The van der Waals surface area contributed by atoms with Gasteiger partial charge in [-0.05, 0) is 147 Å². The average Bonchev–Trinajstić information content (AvgIpc) is 3.74. The first-order chi connectivity index (χ1) is 32.6. The summed E-state index contributed by atoms with van der Waals surface area (Å²) >= 11 is 0. The molecule has 0 fully saturated rings. The second kappa shape index (κ2) is 17.9. The molecule has 1 aromatic heterocycles. The maximum absolute atomic E-state index is 2.46. The highest BCUT2D eigenvalue weighted by molar-refractivity contribution is 6.09. The number of hydrogen-bond donors (Lipinski definition) is 0. The molecular weight excluding hydrogens is 797 g/mol. The summed E-state index contributed by atoms with van der Waals surface area (Å²) in [7, 11) is 0. The Bertz CT molecular complexity index is 3370. The van der Waals surface area contributed by atoms with Gasteiger partial charge in [0.1, 0.15) is 0 Å². The van der Waals surface area contributed by atoms with Crippen molar-refractivity contribution in [1.82, 2.24) is 4.57 Å². The fourth-order valence-electron chi connectivity index (χ4n) is 10.1. The van der Waals surface area contributed by atoms with Crippen LogP contribution in [0.4, 0.5) is 11.4 Å². The van der Waals surface area contributed by atoms with Crippen LogP contribution < -0.4 is 4.90 Å². The van der Waals surface area contributed by atoms with Gasteiger partial charge < -0.3 is 9.47 Å². The molecule has 0 radical (unpaired) electrons. The second-order valence-corrected chi connectivity index (χ2v) is 17.4. The Hall–Kier alpha value is -7.94. The van der Waals surface area contributed by atoms with Crippen LogP contribution in [0.15, 0.2) is 236 Å². The fraction of sp³-hybridized carbons (Fsp3) is 0.0938. The van der Waals surface area contributed by atoms with E-state index in [1.54, 1.807) is 0 Å². The third kappa shape index (κ3) is 7.75. The van der Waals surface area contributed by atoms with Crippen LogP contribution in [-0.4, -0.2) is 4.57 Å². The van der Waals surface area contributed by atoms with Crippen LogP contribution in [0.2, 0.25) is 0 Å². The van der Waals surface area contributed by atoms with E-state index < -0.39 is 0 Å². The number of anilines is 2. The smallest absolute Gasteiger partial charge is 0.0541 e. The van der Waals surface area contributed by atoms with Crippen molar-refractivity contribution in [3.05, 3.63) is 253 Å². The summed E-state index contributed by atoms with van der Waals surface area (Å²) in [6.07, 6.45) is 8.47. The van der Waals surface area contributed by atoms with E-state index in [0.29, 0.717) is 0 Å². The number of rotatable bonds is 11. The molecule has 0 saturated carbocycles. The van der Waals surface area contributed by atoms with Gasteiger partial charge in [-0.1, -0.05) is 190 Å². The van der Waals surface area contributed by atoms with E-state index in [-0.39, 0.29) is 0 Å². The van der Waals surface area contributed by atoms with Crippen molar-refractivity contribution >= 4 is 38.8 Å². The highest BCUT2D eigenvalue weighted by Crippen LogP contribution is 2.41. The van der Waals surface area contributed by atoms with Gasteiger partial charge in [-0.15, -0.1) is 0 Å². The Labute approximate surface area is 389 Å². The van der Waals surface area contributed by atoms with Crippen molar-refractivity contribution in [2.75, 3.05) is 4.90 Å². The van der Waals surface area contributed by atoms with Gasteiger partial charge in [0.2, 0.25) is 0 Å². The molecule has 11 rings (SSSR count). The Kier molecular flexibility index (Phi) is 11.1. The Morgan fingerprint density at radius 1 is 0.379 bits per heavy atom. The summed E-state index contributed by atoms with van der Waals surface area (Å²) in [4.78, 5) is 2.46. The molecule has 9 aromatic carbocycles. The van der Waals surface area contributed by atoms with E-state index in [0.717, 1.165) is 37.1 Å². The molecule has 2 nitrogen and oxygen atoms in total. The fourth-order valence-corrected chi connectivity index (χ4v) is 10.1. The minimum atomic E-state index is 0.942. The predicted molar refractivity (Wildman–Crippen MR) is 282 cm³/mol. The number of benzene rings is 9. The lowest BCUT2D eigenvalue weighted by Gasteiger charge is -2.30. The van der Waals surface area contributed by atoms with Crippen LogP contribution in [0.3, 0.4) is 0 Å². The zero-order valence-corrected chi connectivity index (χ0v) is 37.7. The molecule has 66 heavy (non-hydrogen) atoms. The van der Waals surface area contributed by atoms with Crippen LogP contribution >= 0.6 is 0 Å². The van der Waals surface area contributed by atoms with Crippen LogP contribution in [0.1, 0.15) is 43.4 Å². The van der Waals surface area contributed by atoms with Gasteiger partial charge in [0.25, 0.3) is 0 Å². The molecule has 0 amide bonds. The van der Waals surface area contributed by atoms with E-state index in [4.69, 9.17) is 0 Å². The minimum Gasteiger partial charge on any atom is -0.314 e. The van der Waals surface area contributed by atoms with Crippen molar-refractivity contribution in [1.29, 1.82) is 0 Å². The first kappa shape index (κ1) is 40.8. The van der Waals surface area contributed by atoms with Crippen molar-refractivity contribution in [3.63, 3.8) is 0 Å². The van der Waals surface area contributed by atoms with Crippen molar-refractivity contribution < 1.29 is 0 Å². The number of para-hydroxylation sites is 2. The lowest BCUT2D eigenvalue weighted by molar-refractivity contribution is 0.930. The van der Waals surface area contributed by atoms with E-state index in [1.807, 2.05) is 0 Å². The number of hydrogen-bond acceptors (Lipinski definition) is 1. The van der Waals surface area contributed by atoms with Gasteiger partial charge in [-0.3, -0.25) is 0 Å². The predicted octanol–water partition coefficient (Wildman–Crippen LogP) is 17.5. The Morgan fingerprint density at radius 2 is 0.879 bits per heavy atom. The second-order valence-electron chi connectivity index (χ2n) is 17.4. The molecule has 0 spiro atoms. The van der Waals surface area contributed by atoms with E-state index in [1.165, 1.54) is 100.0 Å². The topological polar surface area (TPSA) is 8.17 Å². The van der Waals surface area contributed by atoms with Crippen LogP contribution in [0, 0.1) is 0 Å². The Morgan fingerprint density at radius 3 is 1.47 bits per heavy atom. The molecule has 0 atom stereocenters. The average molecular weight is 849 g/mol. The molecule has 0 saturated heterocycles. The third-order valence-corrected chi connectivity index (χ3v) is 13.5. The molecule has 1 heterocycles. The lowest BCUT2D eigenvalue weighted by atomic mass is 9.89. The summed E-state index contributed by atoms with van der Waals surface area (Å²) in [6.45, 7) is 4.57. The van der Waals surface area contributed by atoms with Gasteiger partial charge >= 0.3 is 0 Å². The standard InChI is InChI=1S/C64H52N2/c1-3-45-41-53(33-39-59(45)60-40-34-54(42-46(60)4-2)52-22-16-24-58(44-52)66-63-27-13-11-25-61(63)62-26-12-14-28-64(62)66)51-21-15-23-57(43-51)65(55-35-29-49(30-36-55)47-17-7-5-8-18-47)56-37-31-50(32-38-56)48-19-9-6-10-20-48/h5-31,33-37,39-44H,3-4,32,38H2,1-2H3. The number of allylic oxidation sites excluding steroid dienone is 4. The molecule has 0 unspecified atom stereocenters. The van der Waals surface area contributed by atoms with Gasteiger partial charge in [0.05, 0.1) is 11.0 Å². The summed E-state index contributed by atoms with van der Waals surface area (Å²) in [5, 5.41) is 2.56. The maximum Gasteiger partial charge on any atom is 0.0541 e. The van der Waals surface area contributed by atoms with Crippen LogP contribution in [-0.2, 0) is 12.8 Å². The molecule has 318 valence electrons. The minimum absolute atomic E-state index is 0.942. The van der Waals surface area contributed by atoms with Gasteiger partial charge in [-0.2, -0.15) is 0 Å². The molecule has 1 aliphatic carbocycles. The van der Waals surface area contributed by atoms with Gasteiger partial charge in [0.15, 0.2) is 0 Å². The highest BCUT2D eigenvalue weighted by Gasteiger charge is 2.20. The SMILES string of the molecule is CCc1cc(-c2cccc(N(C3=CC=C(c4ccccc4)CC3)c3ccc(-c4ccccc4)cc3)c2)ccc1-c1ccc(-c2cccc(-n3c4ccccc4c4ccccc43)c2)cc1CC. The Balaban J connectivity index is 0.922. The first-order valence-corrected chi connectivity index (χ1v) is 23.5. The van der Waals surface area contributed by atoms with Crippen LogP contribution in [0.5, 0.6) is 0 Å². The number of fused-ring (bicyclic) bond motifs is 3. The number of aryl methyl sites for hydroxylation is 2. The van der Waals surface area contributed by atoms with E-state index in [2.05, 4.69) is 254 Å². The summed E-state index contributed by atoms with van der Waals surface area (Å²) < 4.78 is 2.40. The number of nitrogens with zero attached hydrogens (tertiary/aromatic N) is 2. The first-order valence-electron chi connectivity index (χ1n) is 23.5. The maximum atomic E-state index is 2.46. The van der Waals surface area contributed by atoms with Crippen molar-refractivity contribution in [2.24, 2.45) is 0 Å². The summed E-state index contributed by atoms with van der Waals surface area (Å²) in [5.74, 6) is 0. The lowest BCUT2D eigenvalue weighted by Crippen LogP contribution is -2.18. The molecular formula is C64H52N2. The van der Waals surface area contributed by atoms with E-state index >= 15 is 0 Å². The monoisotopic (exact) mass is 848 g/mol. The normalized spacial score (nSPS) is 12.6. The van der Waals surface area contributed by atoms with Crippen LogP contribution in [0.25, 0.3) is 77.6 Å². The molecule has 0 aliphatic heterocycles. The molecule has 0 bridgehead atoms. The largest absolute Gasteiger partial charge is 0.314 e. The van der Waals surface area contributed by atoms with Gasteiger partial charge in [-0.25, -0.2) is 0 Å². The van der Waals surface area contributed by atoms with Gasteiger partial charge in [0, 0.05) is 33.5 Å². The summed E-state index contributed by atoms with van der Waals surface area (Å²) in [5.41, 5.74) is 22.6. The zero-order valence-electron chi connectivity index (χ0n) is 37.7. The molecule has 2 heteroatoms. The quantitative estimate of drug-likeness (QED) is 0.126. The highest BCUT2D eigenvalue weighted by atomic mass is 15.1. The van der Waals surface area contributed by atoms with Crippen molar-refractivity contribution in [3.8, 4) is 50.2 Å². The zero-order chi connectivity index (χ0) is 44.4. The van der Waals surface area contributed by atoms with E-state index in [9.17, 15) is 0 Å². The van der Waals surface area contributed by atoms with Crippen molar-refractivity contribution in [2.45, 2.75) is 39.5 Å². The third-order valence-electron chi connectivity index (χ3n) is 13.5. The molecule has 0 N–H and O–H groups in total. The number of aromatic nitrogens is 1. The summed E-state index contributed by atoms with van der Waals surface area (Å²) in [6, 6.07) is 80.3.